The highest BCUT2D eigenvalue weighted by atomic mass is 32.1. The Balaban J connectivity index is 1.91. The van der Waals surface area contributed by atoms with Crippen LogP contribution < -0.4 is 5.32 Å². The molecule has 4 nitrogen and oxygen atoms in total. The van der Waals surface area contributed by atoms with E-state index in [9.17, 15) is 9.90 Å². The van der Waals surface area contributed by atoms with Crippen molar-refractivity contribution < 1.29 is 15.0 Å². The van der Waals surface area contributed by atoms with Crippen molar-refractivity contribution in [2.45, 2.75) is 6.42 Å². The Labute approximate surface area is 109 Å². The van der Waals surface area contributed by atoms with Crippen LogP contribution in [0.25, 0.3) is 0 Å². The van der Waals surface area contributed by atoms with Crippen molar-refractivity contribution in [3.05, 3.63) is 46.2 Å². The largest absolute Gasteiger partial charge is 0.508 e. The Bertz CT molecular complexity index is 537. The number of benzene rings is 1. The van der Waals surface area contributed by atoms with E-state index in [1.807, 2.05) is 17.5 Å². The third-order valence-corrected chi connectivity index (χ3v) is 3.40. The zero-order valence-electron chi connectivity index (χ0n) is 9.59. The summed E-state index contributed by atoms with van der Waals surface area (Å²) in [6, 6.07) is 7.88. The third-order valence-electron chi connectivity index (χ3n) is 2.46. The van der Waals surface area contributed by atoms with Crippen molar-refractivity contribution in [2.75, 3.05) is 6.54 Å². The molecule has 1 amide bonds. The Morgan fingerprint density at radius 3 is 2.78 bits per heavy atom. The molecule has 0 aliphatic rings. The Kier molecular flexibility index (Phi) is 3.84. The molecule has 0 aliphatic heterocycles. The maximum Gasteiger partial charge on any atom is 0.255 e. The number of hydrogen-bond acceptors (Lipinski definition) is 4. The average molecular weight is 263 g/mol. The number of nitrogens with one attached hydrogen (secondary N) is 1. The molecule has 0 atom stereocenters. The minimum atomic E-state index is -0.343. The first-order valence-electron chi connectivity index (χ1n) is 5.49. The molecule has 0 radical (unpaired) electrons. The predicted molar refractivity (Wildman–Crippen MR) is 70.1 cm³/mol. The van der Waals surface area contributed by atoms with Gasteiger partial charge in [0.25, 0.3) is 5.91 Å². The van der Waals surface area contributed by atoms with E-state index in [0.29, 0.717) is 6.54 Å². The van der Waals surface area contributed by atoms with Gasteiger partial charge in [0.05, 0.1) is 5.56 Å². The van der Waals surface area contributed by atoms with Gasteiger partial charge in [0, 0.05) is 17.5 Å². The summed E-state index contributed by atoms with van der Waals surface area (Å²) in [6.07, 6.45) is 0.766. The molecule has 2 aromatic rings. The number of hydrogen-bond donors (Lipinski definition) is 3. The number of phenols is 2. The predicted octanol–water partition coefficient (Wildman–Crippen LogP) is 2.13. The van der Waals surface area contributed by atoms with Crippen molar-refractivity contribution in [1.29, 1.82) is 0 Å². The van der Waals surface area contributed by atoms with Crippen molar-refractivity contribution >= 4 is 17.2 Å². The normalized spacial score (nSPS) is 10.2. The van der Waals surface area contributed by atoms with Crippen LogP contribution in [0.5, 0.6) is 11.5 Å². The fraction of sp³-hybridized carbons (Fsp3) is 0.154. The first-order chi connectivity index (χ1) is 8.66. The molecule has 0 saturated heterocycles. The van der Waals surface area contributed by atoms with Gasteiger partial charge in [-0.3, -0.25) is 4.79 Å². The van der Waals surface area contributed by atoms with Crippen LogP contribution in [0.1, 0.15) is 15.2 Å². The minimum absolute atomic E-state index is 0.0670. The van der Waals surface area contributed by atoms with Crippen LogP contribution in [0.3, 0.4) is 0 Å². The first kappa shape index (κ1) is 12.4. The molecule has 5 heteroatoms. The van der Waals surface area contributed by atoms with Crippen molar-refractivity contribution in [1.82, 2.24) is 5.32 Å². The summed E-state index contributed by atoms with van der Waals surface area (Å²) in [6.45, 7) is 0.514. The van der Waals surface area contributed by atoms with E-state index in [-0.39, 0.29) is 23.0 Å². The summed E-state index contributed by atoms with van der Waals surface area (Å²) >= 11 is 1.64. The molecule has 0 bridgehead atoms. The van der Waals surface area contributed by atoms with Crippen LogP contribution in [-0.4, -0.2) is 22.7 Å². The number of carbonyl (C=O) groups excluding carboxylic acids is 1. The molecule has 1 aromatic heterocycles. The van der Waals surface area contributed by atoms with Gasteiger partial charge in [0.1, 0.15) is 11.5 Å². The molecule has 0 spiro atoms. The molecule has 1 heterocycles. The average Bonchev–Trinajstić information content (AvgIpc) is 2.81. The molecule has 0 fully saturated rings. The van der Waals surface area contributed by atoms with Gasteiger partial charge in [-0.25, -0.2) is 0 Å². The number of carbonyl (C=O) groups is 1. The maximum atomic E-state index is 11.8. The number of phenolic OH excluding ortho intramolecular Hbond substituents is 2. The zero-order valence-corrected chi connectivity index (χ0v) is 10.4. The van der Waals surface area contributed by atoms with Crippen LogP contribution in [0, 0.1) is 0 Å². The molecule has 2 rings (SSSR count). The summed E-state index contributed by atoms with van der Waals surface area (Å²) < 4.78 is 0. The van der Waals surface area contributed by atoms with Crippen LogP contribution in [-0.2, 0) is 6.42 Å². The van der Waals surface area contributed by atoms with E-state index >= 15 is 0 Å². The molecule has 18 heavy (non-hydrogen) atoms. The molecule has 0 aliphatic carbocycles. The van der Waals surface area contributed by atoms with E-state index in [4.69, 9.17) is 5.11 Å². The van der Waals surface area contributed by atoms with E-state index < -0.39 is 0 Å². The van der Waals surface area contributed by atoms with Gasteiger partial charge in [-0.1, -0.05) is 6.07 Å². The van der Waals surface area contributed by atoms with Gasteiger partial charge in [0.15, 0.2) is 0 Å². The first-order valence-corrected chi connectivity index (χ1v) is 6.37. The highest BCUT2D eigenvalue weighted by Gasteiger charge is 2.10. The smallest absolute Gasteiger partial charge is 0.255 e. The fourth-order valence-electron chi connectivity index (χ4n) is 1.56. The van der Waals surface area contributed by atoms with E-state index in [0.717, 1.165) is 12.5 Å². The molecule has 1 aromatic carbocycles. The van der Waals surface area contributed by atoms with Crippen LogP contribution >= 0.6 is 11.3 Å². The molecule has 3 N–H and O–H groups in total. The van der Waals surface area contributed by atoms with Gasteiger partial charge >= 0.3 is 0 Å². The van der Waals surface area contributed by atoms with E-state index in [2.05, 4.69) is 5.32 Å². The number of aromatic hydroxyl groups is 2. The van der Waals surface area contributed by atoms with Crippen molar-refractivity contribution in [3.8, 4) is 11.5 Å². The quantitative estimate of drug-likeness (QED) is 0.791. The summed E-state index contributed by atoms with van der Waals surface area (Å²) in [5.41, 5.74) is 0.166. The summed E-state index contributed by atoms with van der Waals surface area (Å²) in [5.74, 6) is -0.629. The van der Waals surface area contributed by atoms with Gasteiger partial charge < -0.3 is 15.5 Å². The Morgan fingerprint density at radius 1 is 1.28 bits per heavy atom. The number of rotatable bonds is 4. The molecule has 94 valence electrons. The van der Waals surface area contributed by atoms with Crippen LogP contribution in [0.2, 0.25) is 0 Å². The lowest BCUT2D eigenvalue weighted by atomic mass is 10.2. The third kappa shape index (κ3) is 3.01. The van der Waals surface area contributed by atoms with Crippen molar-refractivity contribution in [2.24, 2.45) is 0 Å². The van der Waals surface area contributed by atoms with Gasteiger partial charge in [-0.05, 0) is 30.0 Å². The van der Waals surface area contributed by atoms with E-state index in [1.165, 1.54) is 17.0 Å². The second kappa shape index (κ2) is 5.55. The van der Waals surface area contributed by atoms with Gasteiger partial charge in [-0.15, -0.1) is 11.3 Å². The number of amides is 1. The maximum absolute atomic E-state index is 11.8. The van der Waals surface area contributed by atoms with E-state index in [1.54, 1.807) is 11.3 Å². The Morgan fingerprint density at radius 2 is 2.11 bits per heavy atom. The summed E-state index contributed by atoms with van der Waals surface area (Å²) in [7, 11) is 0. The number of thiophene rings is 1. The lowest BCUT2D eigenvalue weighted by Gasteiger charge is -2.06. The Hall–Kier alpha value is -2.01. The van der Waals surface area contributed by atoms with Crippen LogP contribution in [0.4, 0.5) is 0 Å². The lowest BCUT2D eigenvalue weighted by Crippen LogP contribution is -2.25. The van der Waals surface area contributed by atoms with Gasteiger partial charge in [0.2, 0.25) is 0 Å². The second-order valence-corrected chi connectivity index (χ2v) is 4.82. The fourth-order valence-corrected chi connectivity index (χ4v) is 2.27. The minimum Gasteiger partial charge on any atom is -0.508 e. The molecular formula is C13H13NO3S. The molecule has 0 unspecified atom stereocenters. The SMILES string of the molecule is O=C(NCCc1cccs1)c1ccc(O)cc1O. The molecule has 0 saturated carbocycles. The van der Waals surface area contributed by atoms with Crippen LogP contribution in [0.15, 0.2) is 35.7 Å². The van der Waals surface area contributed by atoms with Gasteiger partial charge in [-0.2, -0.15) is 0 Å². The second-order valence-electron chi connectivity index (χ2n) is 3.79. The standard InChI is InChI=1S/C13H13NO3S/c15-9-3-4-11(12(16)8-9)13(17)14-6-5-10-2-1-7-18-10/h1-4,7-8,15-16H,5-6H2,(H,14,17). The van der Waals surface area contributed by atoms with Crippen molar-refractivity contribution in [3.63, 3.8) is 0 Å². The summed E-state index contributed by atoms with van der Waals surface area (Å²) in [4.78, 5) is 13.0. The molecular weight excluding hydrogens is 250 g/mol. The lowest BCUT2D eigenvalue weighted by molar-refractivity contribution is 0.0951. The topological polar surface area (TPSA) is 69.6 Å². The summed E-state index contributed by atoms with van der Waals surface area (Å²) in [5, 5.41) is 23.4. The highest BCUT2D eigenvalue weighted by molar-refractivity contribution is 7.09. The highest BCUT2D eigenvalue weighted by Crippen LogP contribution is 2.22. The monoisotopic (exact) mass is 263 g/mol. The zero-order chi connectivity index (χ0) is 13.0.